The molecule has 0 radical (unpaired) electrons. The maximum Gasteiger partial charge on any atom is 0.329 e. The van der Waals surface area contributed by atoms with Crippen LogP contribution in [0.3, 0.4) is 0 Å². The summed E-state index contributed by atoms with van der Waals surface area (Å²) in [5, 5.41) is 14.7. The summed E-state index contributed by atoms with van der Waals surface area (Å²) in [4.78, 5) is 64.4. The number of aromatic amines is 1. The zero-order chi connectivity index (χ0) is 23.8. The fourth-order valence-electron chi connectivity index (χ4n) is 3.17. The van der Waals surface area contributed by atoms with Crippen molar-refractivity contribution in [3.8, 4) is 0 Å². The highest BCUT2D eigenvalue weighted by molar-refractivity contribution is 7.98. The van der Waals surface area contributed by atoms with E-state index in [4.69, 9.17) is 0 Å². The van der Waals surface area contributed by atoms with Gasteiger partial charge in [-0.25, -0.2) is 9.59 Å². The van der Waals surface area contributed by atoms with Gasteiger partial charge in [0.1, 0.15) is 18.6 Å². The van der Waals surface area contributed by atoms with Crippen LogP contribution in [0.5, 0.6) is 0 Å². The highest BCUT2D eigenvalue weighted by atomic mass is 32.2. The highest BCUT2D eigenvalue weighted by Crippen LogP contribution is 2.09. The van der Waals surface area contributed by atoms with Gasteiger partial charge in [0.15, 0.2) is 0 Å². The largest absolute Gasteiger partial charge is 0.480 e. The Morgan fingerprint density at radius 1 is 1.19 bits per heavy atom. The molecule has 4 N–H and O–H groups in total. The monoisotopic (exact) mass is 464 g/mol. The molecule has 1 aromatic heterocycles. The summed E-state index contributed by atoms with van der Waals surface area (Å²) in [6.45, 7) is 2.96. The molecule has 1 aromatic carbocycles. The van der Waals surface area contributed by atoms with Crippen LogP contribution in [0, 0.1) is 5.92 Å². The van der Waals surface area contributed by atoms with Crippen molar-refractivity contribution in [2.75, 3.05) is 12.0 Å². The summed E-state index contributed by atoms with van der Waals surface area (Å²) in [6.07, 6.45) is 2.64. The van der Waals surface area contributed by atoms with Crippen LogP contribution in [0.4, 0.5) is 0 Å². The van der Waals surface area contributed by atoms with Crippen molar-refractivity contribution in [2.45, 2.75) is 45.3 Å². The van der Waals surface area contributed by atoms with Gasteiger partial charge in [-0.3, -0.25) is 19.0 Å². The molecule has 174 valence electrons. The van der Waals surface area contributed by atoms with Gasteiger partial charge in [-0.1, -0.05) is 32.4 Å². The number of thioether (sulfide) groups is 1. The van der Waals surface area contributed by atoms with Crippen molar-refractivity contribution in [1.29, 1.82) is 0 Å². The molecule has 0 aliphatic carbocycles. The molecular weight excluding hydrogens is 436 g/mol. The van der Waals surface area contributed by atoms with Gasteiger partial charge in [0, 0.05) is 0 Å². The van der Waals surface area contributed by atoms with Crippen LogP contribution in [-0.4, -0.2) is 56.5 Å². The minimum atomic E-state index is -1.16. The zero-order valence-corrected chi connectivity index (χ0v) is 19.0. The van der Waals surface area contributed by atoms with Gasteiger partial charge in [0.2, 0.25) is 11.8 Å². The van der Waals surface area contributed by atoms with Gasteiger partial charge in [-0.15, -0.1) is 0 Å². The standard InChI is InChI=1S/C21H28N4O6S/c1-4-12(2)17(20(29)30)24-18(27)15(9-10-32-3)22-16(26)11-25-19(28)13-7-5-6-8-14(13)23-21(25)31/h5-8,12,15,17H,4,9-11H2,1-3H3,(H,22,26)(H,23,31)(H,24,27)(H,29,30)/t12-,15+,17+/m1/s1. The number of hydrogen-bond donors (Lipinski definition) is 4. The van der Waals surface area contributed by atoms with E-state index in [1.165, 1.54) is 17.8 Å². The van der Waals surface area contributed by atoms with Crippen molar-refractivity contribution in [2.24, 2.45) is 5.92 Å². The number of carbonyl (C=O) groups excluding carboxylic acids is 2. The zero-order valence-electron chi connectivity index (χ0n) is 18.2. The van der Waals surface area contributed by atoms with E-state index in [-0.39, 0.29) is 17.7 Å². The molecule has 0 unspecified atom stereocenters. The Morgan fingerprint density at radius 2 is 1.88 bits per heavy atom. The van der Waals surface area contributed by atoms with Gasteiger partial charge < -0.3 is 20.7 Å². The predicted octanol–water partition coefficient (Wildman–Crippen LogP) is 0.543. The van der Waals surface area contributed by atoms with E-state index in [2.05, 4.69) is 15.6 Å². The quantitative estimate of drug-likeness (QED) is 0.379. The number of benzene rings is 1. The maximum absolute atomic E-state index is 12.7. The summed E-state index contributed by atoms with van der Waals surface area (Å²) >= 11 is 1.46. The Bertz CT molecular complexity index is 1100. The van der Waals surface area contributed by atoms with Crippen LogP contribution in [0.25, 0.3) is 10.9 Å². The van der Waals surface area contributed by atoms with Crippen molar-refractivity contribution in [3.05, 3.63) is 45.1 Å². The number of hydrogen-bond acceptors (Lipinski definition) is 6. The second kappa shape index (κ2) is 11.5. The van der Waals surface area contributed by atoms with E-state index < -0.39 is 47.7 Å². The Hall–Kier alpha value is -3.08. The first-order valence-corrected chi connectivity index (χ1v) is 11.6. The molecule has 0 aliphatic heterocycles. The predicted molar refractivity (Wildman–Crippen MR) is 123 cm³/mol. The average Bonchev–Trinajstić information content (AvgIpc) is 2.76. The first-order valence-electron chi connectivity index (χ1n) is 10.2. The lowest BCUT2D eigenvalue weighted by atomic mass is 9.99. The molecule has 0 spiro atoms. The topological polar surface area (TPSA) is 150 Å². The summed E-state index contributed by atoms with van der Waals surface area (Å²) in [5.41, 5.74) is -0.995. The van der Waals surface area contributed by atoms with E-state index in [9.17, 15) is 29.1 Å². The third-order valence-electron chi connectivity index (χ3n) is 5.23. The molecule has 2 aromatic rings. The number of fused-ring (bicyclic) bond motifs is 1. The number of rotatable bonds is 11. The first-order chi connectivity index (χ1) is 15.2. The highest BCUT2D eigenvalue weighted by Gasteiger charge is 2.29. The molecule has 2 amide bonds. The molecule has 0 aliphatic rings. The number of carbonyl (C=O) groups is 3. The van der Waals surface area contributed by atoms with E-state index in [1.807, 2.05) is 13.2 Å². The van der Waals surface area contributed by atoms with Crippen molar-refractivity contribution in [1.82, 2.24) is 20.2 Å². The molecule has 0 saturated heterocycles. The van der Waals surface area contributed by atoms with E-state index in [0.717, 1.165) is 4.57 Å². The Morgan fingerprint density at radius 3 is 2.50 bits per heavy atom. The molecule has 3 atom stereocenters. The van der Waals surface area contributed by atoms with Gasteiger partial charge in [0.25, 0.3) is 5.56 Å². The molecule has 1 heterocycles. The number of para-hydroxylation sites is 1. The lowest BCUT2D eigenvalue weighted by Crippen LogP contribution is -2.54. The van der Waals surface area contributed by atoms with Crippen LogP contribution in [-0.2, 0) is 20.9 Å². The number of nitrogens with zero attached hydrogens (tertiary/aromatic N) is 1. The smallest absolute Gasteiger partial charge is 0.329 e. The molecule has 2 rings (SSSR count). The lowest BCUT2D eigenvalue weighted by Gasteiger charge is -2.24. The Labute approximate surface area is 188 Å². The van der Waals surface area contributed by atoms with Gasteiger partial charge in [0.05, 0.1) is 10.9 Å². The van der Waals surface area contributed by atoms with Crippen LogP contribution >= 0.6 is 11.8 Å². The minimum absolute atomic E-state index is 0.258. The van der Waals surface area contributed by atoms with Crippen molar-refractivity contribution >= 4 is 40.4 Å². The number of carboxylic acids is 1. The SMILES string of the molecule is CC[C@@H](C)[C@H](NC(=O)[C@H](CCSC)NC(=O)Cn1c(=O)[nH]c2ccccc2c1=O)C(=O)O. The molecule has 11 heteroatoms. The number of carboxylic acid groups (broad SMARTS) is 1. The number of aliphatic carboxylic acids is 1. The fraction of sp³-hybridized carbons (Fsp3) is 0.476. The third-order valence-corrected chi connectivity index (χ3v) is 5.87. The second-order valence-corrected chi connectivity index (χ2v) is 8.46. The van der Waals surface area contributed by atoms with Crippen molar-refractivity contribution < 1.29 is 19.5 Å². The Balaban J connectivity index is 2.20. The maximum atomic E-state index is 12.7. The van der Waals surface area contributed by atoms with Gasteiger partial charge >= 0.3 is 11.7 Å². The van der Waals surface area contributed by atoms with Crippen molar-refractivity contribution in [3.63, 3.8) is 0 Å². The molecule has 10 nitrogen and oxygen atoms in total. The molecule has 0 saturated carbocycles. The molecule has 0 fully saturated rings. The normalized spacial score (nSPS) is 13.8. The van der Waals surface area contributed by atoms with Crippen LogP contribution in [0.15, 0.2) is 33.9 Å². The minimum Gasteiger partial charge on any atom is -0.480 e. The molecule has 0 bridgehead atoms. The van der Waals surface area contributed by atoms with E-state index >= 15 is 0 Å². The third kappa shape index (κ3) is 6.22. The van der Waals surface area contributed by atoms with Crippen LogP contribution < -0.4 is 21.9 Å². The first kappa shape index (κ1) is 25.2. The number of amides is 2. The van der Waals surface area contributed by atoms with E-state index in [1.54, 1.807) is 25.1 Å². The fourth-order valence-corrected chi connectivity index (χ4v) is 3.64. The number of nitrogens with one attached hydrogen (secondary N) is 3. The van der Waals surface area contributed by atoms with E-state index in [0.29, 0.717) is 17.7 Å². The van der Waals surface area contributed by atoms with Gasteiger partial charge in [-0.05, 0) is 36.5 Å². The summed E-state index contributed by atoms with van der Waals surface area (Å²) in [7, 11) is 0. The van der Waals surface area contributed by atoms with Crippen LogP contribution in [0.1, 0.15) is 26.7 Å². The van der Waals surface area contributed by atoms with Gasteiger partial charge in [-0.2, -0.15) is 11.8 Å². The molecular formula is C21H28N4O6S. The molecule has 32 heavy (non-hydrogen) atoms. The summed E-state index contributed by atoms with van der Waals surface area (Å²) in [5.74, 6) is -2.25. The second-order valence-electron chi connectivity index (χ2n) is 7.48. The summed E-state index contributed by atoms with van der Waals surface area (Å²) < 4.78 is 0.764. The summed E-state index contributed by atoms with van der Waals surface area (Å²) in [6, 6.07) is 4.35. The average molecular weight is 465 g/mol. The lowest BCUT2D eigenvalue weighted by molar-refractivity contribution is -0.143. The Kier molecular flexibility index (Phi) is 9.06. The number of aromatic nitrogens is 2. The number of H-pyrrole nitrogens is 1. The van der Waals surface area contributed by atoms with Crippen LogP contribution in [0.2, 0.25) is 0 Å².